The molecule has 0 amide bonds. The summed E-state index contributed by atoms with van der Waals surface area (Å²) in [5.74, 6) is 1.62. The third-order valence-corrected chi connectivity index (χ3v) is 3.29. The summed E-state index contributed by atoms with van der Waals surface area (Å²) in [6.07, 6.45) is 4.25. The van der Waals surface area contributed by atoms with Crippen LogP contribution in [0.15, 0.2) is 18.5 Å². The SMILES string of the molecule is Bc1cc(C)c(OC)c(-c2ncn(C3CC3)n2)c1. The molecule has 1 aromatic heterocycles. The smallest absolute Gasteiger partial charge is 0.184 e. The standard InChI is InChI=1S/C13H16BN3O/c1-8-5-9(14)6-11(12(8)18-2)13-15-7-17(16-13)10-3-4-10/h5-7,10H,3-4,14H2,1-2H3. The van der Waals surface area contributed by atoms with E-state index in [1.54, 1.807) is 7.11 Å². The van der Waals surface area contributed by atoms with Gasteiger partial charge in [0.15, 0.2) is 5.82 Å². The van der Waals surface area contributed by atoms with Gasteiger partial charge in [0.25, 0.3) is 0 Å². The van der Waals surface area contributed by atoms with Crippen LogP contribution >= 0.6 is 0 Å². The van der Waals surface area contributed by atoms with E-state index in [0.717, 1.165) is 22.7 Å². The highest BCUT2D eigenvalue weighted by Gasteiger charge is 2.25. The fourth-order valence-electron chi connectivity index (χ4n) is 2.30. The molecule has 0 aliphatic heterocycles. The van der Waals surface area contributed by atoms with Crippen molar-refractivity contribution in [2.45, 2.75) is 25.8 Å². The maximum Gasteiger partial charge on any atom is 0.184 e. The summed E-state index contributed by atoms with van der Waals surface area (Å²) in [5.41, 5.74) is 3.30. The summed E-state index contributed by atoms with van der Waals surface area (Å²) in [6, 6.07) is 4.75. The van der Waals surface area contributed by atoms with Crippen molar-refractivity contribution in [1.29, 1.82) is 0 Å². The minimum Gasteiger partial charge on any atom is -0.496 e. The molecule has 2 aromatic rings. The quantitative estimate of drug-likeness (QED) is 0.748. The molecule has 1 heterocycles. The van der Waals surface area contributed by atoms with Crippen molar-refractivity contribution in [2.24, 2.45) is 0 Å². The molecule has 0 saturated heterocycles. The Morgan fingerprint density at radius 3 is 2.83 bits per heavy atom. The van der Waals surface area contributed by atoms with Gasteiger partial charge in [-0.25, -0.2) is 9.67 Å². The van der Waals surface area contributed by atoms with Crippen LogP contribution < -0.4 is 10.2 Å². The van der Waals surface area contributed by atoms with Crippen LogP contribution in [0.1, 0.15) is 24.4 Å². The molecule has 0 radical (unpaired) electrons. The van der Waals surface area contributed by atoms with E-state index in [1.807, 2.05) is 17.9 Å². The molecule has 1 aliphatic carbocycles. The van der Waals surface area contributed by atoms with Gasteiger partial charge in [-0.1, -0.05) is 17.6 Å². The van der Waals surface area contributed by atoms with Crippen molar-refractivity contribution in [3.8, 4) is 17.1 Å². The second-order valence-corrected chi connectivity index (χ2v) is 4.94. The first kappa shape index (κ1) is 11.3. The molecule has 0 unspecified atom stereocenters. The Morgan fingerprint density at radius 1 is 1.39 bits per heavy atom. The zero-order valence-electron chi connectivity index (χ0n) is 11.0. The van der Waals surface area contributed by atoms with Crippen LogP contribution in [0.5, 0.6) is 5.75 Å². The second kappa shape index (κ2) is 4.16. The number of methoxy groups -OCH3 is 1. The van der Waals surface area contributed by atoms with Crippen LogP contribution in [-0.4, -0.2) is 29.7 Å². The van der Waals surface area contributed by atoms with Gasteiger partial charge in [0.2, 0.25) is 0 Å². The predicted octanol–water partition coefficient (Wildman–Crippen LogP) is 0.855. The molecular weight excluding hydrogens is 225 g/mol. The van der Waals surface area contributed by atoms with Gasteiger partial charge in [0.1, 0.15) is 19.9 Å². The average molecular weight is 241 g/mol. The van der Waals surface area contributed by atoms with E-state index in [0.29, 0.717) is 6.04 Å². The molecule has 5 heteroatoms. The Kier molecular flexibility index (Phi) is 2.61. The lowest BCUT2D eigenvalue weighted by Gasteiger charge is -2.10. The number of ether oxygens (including phenoxy) is 1. The zero-order chi connectivity index (χ0) is 12.7. The van der Waals surface area contributed by atoms with E-state index in [-0.39, 0.29) is 0 Å². The molecule has 1 fully saturated rings. The highest BCUT2D eigenvalue weighted by molar-refractivity contribution is 6.32. The van der Waals surface area contributed by atoms with Crippen LogP contribution in [0.25, 0.3) is 11.4 Å². The lowest BCUT2D eigenvalue weighted by atomic mass is 9.91. The normalized spacial score (nSPS) is 14.8. The van der Waals surface area contributed by atoms with Crippen LogP contribution in [0, 0.1) is 6.92 Å². The van der Waals surface area contributed by atoms with Gasteiger partial charge in [-0.05, 0) is 25.3 Å². The van der Waals surface area contributed by atoms with Crippen LogP contribution in [0.2, 0.25) is 0 Å². The number of aryl methyl sites for hydroxylation is 1. The van der Waals surface area contributed by atoms with E-state index < -0.39 is 0 Å². The summed E-state index contributed by atoms with van der Waals surface area (Å²) in [5, 5.41) is 4.56. The van der Waals surface area contributed by atoms with Gasteiger partial charge in [-0.3, -0.25) is 0 Å². The number of nitrogens with zero attached hydrogens (tertiary/aromatic N) is 3. The minimum atomic E-state index is 0.558. The molecule has 0 N–H and O–H groups in total. The zero-order valence-corrected chi connectivity index (χ0v) is 11.0. The number of hydrogen-bond donors (Lipinski definition) is 0. The molecule has 4 nitrogen and oxygen atoms in total. The molecule has 0 bridgehead atoms. The molecule has 1 aromatic carbocycles. The molecule has 0 atom stereocenters. The number of rotatable bonds is 3. The third-order valence-electron chi connectivity index (χ3n) is 3.29. The monoisotopic (exact) mass is 241 g/mol. The summed E-state index contributed by atoms with van der Waals surface area (Å²) in [4.78, 5) is 4.41. The van der Waals surface area contributed by atoms with Crippen molar-refractivity contribution in [3.63, 3.8) is 0 Å². The first-order chi connectivity index (χ1) is 8.69. The predicted molar refractivity (Wildman–Crippen MR) is 73.2 cm³/mol. The van der Waals surface area contributed by atoms with Crippen LogP contribution in [0.4, 0.5) is 0 Å². The Bertz CT molecular complexity index is 590. The van der Waals surface area contributed by atoms with Crippen molar-refractivity contribution in [2.75, 3.05) is 7.11 Å². The third kappa shape index (κ3) is 1.90. The maximum absolute atomic E-state index is 5.48. The van der Waals surface area contributed by atoms with E-state index in [1.165, 1.54) is 18.3 Å². The van der Waals surface area contributed by atoms with Crippen molar-refractivity contribution < 1.29 is 4.74 Å². The van der Waals surface area contributed by atoms with Gasteiger partial charge in [0.05, 0.1) is 18.7 Å². The fraction of sp³-hybridized carbons (Fsp3) is 0.385. The first-order valence-electron chi connectivity index (χ1n) is 6.26. The highest BCUT2D eigenvalue weighted by Crippen LogP contribution is 2.35. The van der Waals surface area contributed by atoms with Crippen molar-refractivity contribution in [1.82, 2.24) is 14.8 Å². The highest BCUT2D eigenvalue weighted by atomic mass is 16.5. The van der Waals surface area contributed by atoms with Crippen LogP contribution in [-0.2, 0) is 0 Å². The summed E-state index contributed by atoms with van der Waals surface area (Å²) in [6.45, 7) is 2.05. The molecule has 92 valence electrons. The Morgan fingerprint density at radius 2 is 2.17 bits per heavy atom. The lowest BCUT2D eigenvalue weighted by Crippen LogP contribution is -2.06. The molecule has 0 spiro atoms. The van der Waals surface area contributed by atoms with Gasteiger partial charge in [-0.2, -0.15) is 5.10 Å². The van der Waals surface area contributed by atoms with Gasteiger partial charge in [-0.15, -0.1) is 0 Å². The first-order valence-corrected chi connectivity index (χ1v) is 6.26. The molecule has 1 saturated carbocycles. The minimum absolute atomic E-state index is 0.558. The lowest BCUT2D eigenvalue weighted by molar-refractivity contribution is 0.413. The number of benzene rings is 1. The van der Waals surface area contributed by atoms with Gasteiger partial charge >= 0.3 is 0 Å². The number of aromatic nitrogens is 3. The van der Waals surface area contributed by atoms with Crippen molar-refractivity contribution in [3.05, 3.63) is 24.0 Å². The fourth-order valence-corrected chi connectivity index (χ4v) is 2.30. The van der Waals surface area contributed by atoms with Crippen molar-refractivity contribution >= 4 is 13.3 Å². The maximum atomic E-state index is 5.48. The molecule has 1 aliphatic rings. The Labute approximate surface area is 107 Å². The summed E-state index contributed by atoms with van der Waals surface area (Å²) >= 11 is 0. The molecule has 3 rings (SSSR count). The van der Waals surface area contributed by atoms with Gasteiger partial charge < -0.3 is 4.74 Å². The largest absolute Gasteiger partial charge is 0.496 e. The van der Waals surface area contributed by atoms with Gasteiger partial charge in [0, 0.05) is 0 Å². The Balaban J connectivity index is 2.08. The summed E-state index contributed by atoms with van der Waals surface area (Å²) < 4.78 is 7.45. The Hall–Kier alpha value is -1.78. The molecular formula is C13H16BN3O. The van der Waals surface area contributed by atoms with E-state index in [9.17, 15) is 0 Å². The van der Waals surface area contributed by atoms with E-state index in [2.05, 4.69) is 30.1 Å². The molecule has 18 heavy (non-hydrogen) atoms. The average Bonchev–Trinajstić information content (AvgIpc) is 3.06. The topological polar surface area (TPSA) is 39.9 Å². The number of hydrogen-bond acceptors (Lipinski definition) is 3. The summed E-state index contributed by atoms with van der Waals surface area (Å²) in [7, 11) is 3.77. The van der Waals surface area contributed by atoms with E-state index >= 15 is 0 Å². The van der Waals surface area contributed by atoms with E-state index in [4.69, 9.17) is 4.74 Å². The van der Waals surface area contributed by atoms with Crippen LogP contribution in [0.3, 0.4) is 0 Å². The second-order valence-electron chi connectivity index (χ2n) is 4.94.